The van der Waals surface area contributed by atoms with Gasteiger partial charge in [0.2, 0.25) is 11.8 Å². The molecule has 7 heteroatoms. The molecule has 2 heterocycles. The maximum absolute atomic E-state index is 13.3. The first-order valence-corrected chi connectivity index (χ1v) is 12.5. The lowest BCUT2D eigenvalue weighted by molar-refractivity contribution is -0.144. The number of rotatable bonds is 5. The van der Waals surface area contributed by atoms with E-state index in [4.69, 9.17) is 16.7 Å². The lowest BCUT2D eigenvalue weighted by Crippen LogP contribution is -2.46. The summed E-state index contributed by atoms with van der Waals surface area (Å²) >= 11 is 6.10. The predicted octanol–water partition coefficient (Wildman–Crippen LogP) is 5.44. The van der Waals surface area contributed by atoms with E-state index in [1.807, 2.05) is 98.2 Å². The molecule has 1 saturated heterocycles. The van der Waals surface area contributed by atoms with E-state index in [9.17, 15) is 9.59 Å². The SMILES string of the molecule is CN(Cc1cn(-c2ccccc2)nc1-c1ccc(Cl)cc1)C(=O)C1CCN(C(=O)C(C)(C)C)CC1. The third-order valence-electron chi connectivity index (χ3n) is 6.49. The Kier molecular flexibility index (Phi) is 7.31. The van der Waals surface area contributed by atoms with Crippen LogP contribution in [0.2, 0.25) is 5.02 Å². The first kappa shape index (κ1) is 25.0. The monoisotopic (exact) mass is 492 g/mol. The summed E-state index contributed by atoms with van der Waals surface area (Å²) in [6.07, 6.45) is 3.38. The van der Waals surface area contributed by atoms with Crippen LogP contribution in [0.25, 0.3) is 16.9 Å². The normalized spacial score (nSPS) is 14.7. The quantitative estimate of drug-likeness (QED) is 0.476. The molecule has 1 fully saturated rings. The highest BCUT2D eigenvalue weighted by Crippen LogP contribution is 2.28. The van der Waals surface area contributed by atoms with Crippen LogP contribution >= 0.6 is 11.6 Å². The molecule has 0 radical (unpaired) electrons. The van der Waals surface area contributed by atoms with E-state index >= 15 is 0 Å². The van der Waals surface area contributed by atoms with Gasteiger partial charge in [-0.25, -0.2) is 4.68 Å². The predicted molar refractivity (Wildman–Crippen MR) is 139 cm³/mol. The van der Waals surface area contributed by atoms with Crippen molar-refractivity contribution in [1.29, 1.82) is 0 Å². The van der Waals surface area contributed by atoms with E-state index in [0.717, 1.165) is 22.5 Å². The third-order valence-corrected chi connectivity index (χ3v) is 6.74. The second kappa shape index (κ2) is 10.2. The Hall–Kier alpha value is -3.12. The van der Waals surface area contributed by atoms with Crippen molar-refractivity contribution in [2.75, 3.05) is 20.1 Å². The van der Waals surface area contributed by atoms with Gasteiger partial charge in [-0.3, -0.25) is 9.59 Å². The van der Waals surface area contributed by atoms with Crippen LogP contribution in [-0.4, -0.2) is 51.5 Å². The van der Waals surface area contributed by atoms with Crippen LogP contribution in [-0.2, 0) is 16.1 Å². The van der Waals surface area contributed by atoms with E-state index in [2.05, 4.69) is 0 Å². The van der Waals surface area contributed by atoms with Gasteiger partial charge in [0.25, 0.3) is 0 Å². The Morgan fingerprint density at radius 2 is 1.66 bits per heavy atom. The van der Waals surface area contributed by atoms with E-state index in [-0.39, 0.29) is 17.7 Å². The molecular weight excluding hydrogens is 460 g/mol. The molecule has 0 spiro atoms. The van der Waals surface area contributed by atoms with Gasteiger partial charge >= 0.3 is 0 Å². The summed E-state index contributed by atoms with van der Waals surface area (Å²) in [6.45, 7) is 7.52. The molecule has 4 rings (SSSR count). The largest absolute Gasteiger partial charge is 0.342 e. The molecule has 184 valence electrons. The minimum Gasteiger partial charge on any atom is -0.342 e. The molecule has 1 aliphatic heterocycles. The van der Waals surface area contributed by atoms with Crippen molar-refractivity contribution in [3.63, 3.8) is 0 Å². The topological polar surface area (TPSA) is 58.4 Å². The molecule has 0 atom stereocenters. The van der Waals surface area contributed by atoms with Crippen molar-refractivity contribution in [3.05, 3.63) is 71.4 Å². The van der Waals surface area contributed by atoms with E-state index in [1.54, 1.807) is 4.90 Å². The zero-order valence-electron chi connectivity index (χ0n) is 20.9. The van der Waals surface area contributed by atoms with Crippen LogP contribution in [0, 0.1) is 11.3 Å². The molecule has 0 unspecified atom stereocenters. The average molecular weight is 493 g/mol. The second-order valence-electron chi connectivity index (χ2n) is 10.3. The van der Waals surface area contributed by atoms with Gasteiger partial charge in [-0.1, -0.05) is 62.7 Å². The number of benzene rings is 2. The number of carbonyl (C=O) groups is 2. The summed E-state index contributed by atoms with van der Waals surface area (Å²) in [6, 6.07) is 17.5. The fourth-order valence-electron chi connectivity index (χ4n) is 4.54. The molecular formula is C28H33ClN4O2. The summed E-state index contributed by atoms with van der Waals surface area (Å²) in [4.78, 5) is 29.6. The summed E-state index contributed by atoms with van der Waals surface area (Å²) < 4.78 is 1.86. The van der Waals surface area contributed by atoms with Crippen molar-refractivity contribution in [1.82, 2.24) is 19.6 Å². The number of hydrogen-bond acceptors (Lipinski definition) is 3. The van der Waals surface area contributed by atoms with E-state index in [0.29, 0.717) is 37.5 Å². The van der Waals surface area contributed by atoms with Crippen LogP contribution in [0.5, 0.6) is 0 Å². The minimum atomic E-state index is -0.398. The Balaban J connectivity index is 1.51. The van der Waals surface area contributed by atoms with Gasteiger partial charge < -0.3 is 9.80 Å². The van der Waals surface area contributed by atoms with Crippen molar-refractivity contribution in [2.45, 2.75) is 40.2 Å². The number of halogens is 1. The van der Waals surface area contributed by atoms with Crippen molar-refractivity contribution >= 4 is 23.4 Å². The van der Waals surface area contributed by atoms with Gasteiger partial charge in [-0.15, -0.1) is 0 Å². The summed E-state index contributed by atoms with van der Waals surface area (Å²) in [7, 11) is 1.85. The van der Waals surface area contributed by atoms with Gasteiger partial charge in [0.1, 0.15) is 0 Å². The molecule has 0 bridgehead atoms. The van der Waals surface area contributed by atoms with Crippen molar-refractivity contribution < 1.29 is 9.59 Å². The van der Waals surface area contributed by atoms with Crippen molar-refractivity contribution in [2.24, 2.45) is 11.3 Å². The van der Waals surface area contributed by atoms with Gasteiger partial charge in [0, 0.05) is 60.4 Å². The first-order chi connectivity index (χ1) is 16.6. The highest BCUT2D eigenvalue weighted by Gasteiger charge is 2.33. The lowest BCUT2D eigenvalue weighted by Gasteiger charge is -2.36. The molecule has 0 aliphatic carbocycles. The molecule has 3 aromatic rings. The molecule has 35 heavy (non-hydrogen) atoms. The van der Waals surface area contributed by atoms with Gasteiger partial charge in [0.15, 0.2) is 0 Å². The van der Waals surface area contributed by atoms with Crippen LogP contribution in [0.1, 0.15) is 39.2 Å². The van der Waals surface area contributed by atoms with E-state index < -0.39 is 5.41 Å². The Morgan fingerprint density at radius 3 is 2.26 bits per heavy atom. The average Bonchev–Trinajstić information content (AvgIpc) is 3.27. The highest BCUT2D eigenvalue weighted by molar-refractivity contribution is 6.30. The number of piperidine rings is 1. The maximum Gasteiger partial charge on any atom is 0.227 e. The van der Waals surface area contributed by atoms with Gasteiger partial charge in [-0.05, 0) is 37.1 Å². The number of carbonyl (C=O) groups excluding carboxylic acids is 2. The first-order valence-electron chi connectivity index (χ1n) is 12.1. The Morgan fingerprint density at radius 1 is 1.03 bits per heavy atom. The number of amides is 2. The summed E-state index contributed by atoms with van der Waals surface area (Å²) in [5.74, 6) is 0.187. The van der Waals surface area contributed by atoms with Crippen molar-refractivity contribution in [3.8, 4) is 16.9 Å². The molecule has 0 N–H and O–H groups in total. The molecule has 0 saturated carbocycles. The maximum atomic E-state index is 13.3. The van der Waals surface area contributed by atoms with Crippen LogP contribution in [0.3, 0.4) is 0 Å². The highest BCUT2D eigenvalue weighted by atomic mass is 35.5. The Labute approximate surface area is 212 Å². The van der Waals surface area contributed by atoms with Crippen LogP contribution in [0.4, 0.5) is 0 Å². The van der Waals surface area contributed by atoms with Crippen LogP contribution in [0.15, 0.2) is 60.8 Å². The number of hydrogen-bond donors (Lipinski definition) is 0. The summed E-state index contributed by atoms with van der Waals surface area (Å²) in [5.41, 5.74) is 3.31. The minimum absolute atomic E-state index is 0.0767. The number of likely N-dealkylation sites (tertiary alicyclic amines) is 1. The van der Waals surface area contributed by atoms with Gasteiger partial charge in [-0.2, -0.15) is 5.10 Å². The molecule has 6 nitrogen and oxygen atoms in total. The number of nitrogens with zero attached hydrogens (tertiary/aromatic N) is 4. The van der Waals surface area contributed by atoms with E-state index in [1.165, 1.54) is 0 Å². The number of aromatic nitrogens is 2. The lowest BCUT2D eigenvalue weighted by atomic mass is 9.90. The standard InChI is InChI=1S/C28H33ClN4O2/c1-28(2,3)27(35)32-16-14-21(15-17-32)26(34)31(4)18-22-19-33(24-8-6-5-7-9-24)30-25(22)20-10-12-23(29)13-11-20/h5-13,19,21H,14-18H2,1-4H3. The molecule has 1 aromatic heterocycles. The molecule has 2 aromatic carbocycles. The number of para-hydroxylation sites is 1. The molecule has 2 amide bonds. The Bertz CT molecular complexity index is 1170. The fourth-order valence-corrected chi connectivity index (χ4v) is 4.66. The zero-order chi connectivity index (χ0) is 25.2. The third kappa shape index (κ3) is 5.76. The fraction of sp³-hybridized carbons (Fsp3) is 0.393. The van der Waals surface area contributed by atoms with Gasteiger partial charge in [0.05, 0.1) is 11.4 Å². The second-order valence-corrected chi connectivity index (χ2v) is 10.7. The zero-order valence-corrected chi connectivity index (χ0v) is 21.6. The van der Waals surface area contributed by atoms with Crippen LogP contribution < -0.4 is 0 Å². The summed E-state index contributed by atoms with van der Waals surface area (Å²) in [5, 5.41) is 5.52. The smallest absolute Gasteiger partial charge is 0.227 e. The molecule has 1 aliphatic rings.